The topological polar surface area (TPSA) is 50.5 Å². The van der Waals surface area contributed by atoms with Gasteiger partial charge in [0.1, 0.15) is 5.75 Å². The molecule has 1 unspecified atom stereocenters. The van der Waals surface area contributed by atoms with E-state index in [4.69, 9.17) is 10.6 Å². The molecule has 1 heterocycles. The predicted octanol–water partition coefficient (Wildman–Crippen LogP) is 2.38. The number of benzene rings is 1. The summed E-state index contributed by atoms with van der Waals surface area (Å²) in [6, 6.07) is 6.30. The van der Waals surface area contributed by atoms with Gasteiger partial charge >= 0.3 is 0 Å². The van der Waals surface area contributed by atoms with Gasteiger partial charge in [-0.15, -0.1) is 0 Å². The number of methoxy groups -OCH3 is 1. The summed E-state index contributed by atoms with van der Waals surface area (Å²) in [7, 11) is 1.70. The second-order valence-corrected chi connectivity index (χ2v) is 6.17. The molecule has 0 bridgehead atoms. The lowest BCUT2D eigenvalue weighted by Gasteiger charge is -2.42. The molecule has 0 spiro atoms. The van der Waals surface area contributed by atoms with Crippen LogP contribution in [0.3, 0.4) is 0 Å². The van der Waals surface area contributed by atoms with Crippen LogP contribution in [0.15, 0.2) is 18.2 Å². The van der Waals surface area contributed by atoms with Crippen LogP contribution in [0.2, 0.25) is 0 Å². The Morgan fingerprint density at radius 2 is 1.95 bits per heavy atom. The van der Waals surface area contributed by atoms with E-state index in [9.17, 15) is 0 Å². The van der Waals surface area contributed by atoms with E-state index in [2.05, 4.69) is 43.2 Å². The fourth-order valence-corrected chi connectivity index (χ4v) is 3.25. The van der Waals surface area contributed by atoms with Gasteiger partial charge in [0.2, 0.25) is 0 Å². The first-order valence-corrected chi connectivity index (χ1v) is 7.36. The van der Waals surface area contributed by atoms with Gasteiger partial charge in [-0.05, 0) is 70.0 Å². The van der Waals surface area contributed by atoms with Gasteiger partial charge in [0, 0.05) is 5.54 Å². The van der Waals surface area contributed by atoms with Crippen LogP contribution >= 0.6 is 0 Å². The first kappa shape index (κ1) is 15.3. The van der Waals surface area contributed by atoms with E-state index in [1.165, 1.54) is 24.0 Å². The number of hydrogen-bond donors (Lipinski definition) is 2. The Hall–Kier alpha value is -1.10. The van der Waals surface area contributed by atoms with Crippen LogP contribution < -0.4 is 16.0 Å². The summed E-state index contributed by atoms with van der Waals surface area (Å²) < 4.78 is 5.29. The summed E-state index contributed by atoms with van der Waals surface area (Å²) in [4.78, 5) is 2.53. The molecule has 1 aromatic carbocycles. The summed E-state index contributed by atoms with van der Waals surface area (Å²) >= 11 is 0. The molecule has 3 N–H and O–H groups in total. The molecule has 1 saturated heterocycles. The average Bonchev–Trinajstić information content (AvgIpc) is 2.95. The first-order valence-electron chi connectivity index (χ1n) is 7.36. The second kappa shape index (κ2) is 6.12. The maximum atomic E-state index is 5.89. The van der Waals surface area contributed by atoms with Crippen molar-refractivity contribution in [2.75, 3.05) is 20.2 Å². The largest absolute Gasteiger partial charge is 0.497 e. The third-order valence-electron chi connectivity index (χ3n) is 4.58. The normalized spacial score (nSPS) is 18.2. The van der Waals surface area contributed by atoms with Crippen molar-refractivity contribution in [2.45, 2.75) is 45.2 Å². The molecule has 1 aliphatic heterocycles. The third kappa shape index (κ3) is 2.82. The third-order valence-corrected chi connectivity index (χ3v) is 4.58. The Morgan fingerprint density at radius 1 is 1.30 bits per heavy atom. The van der Waals surface area contributed by atoms with Crippen LogP contribution in [0.1, 0.15) is 43.9 Å². The molecule has 112 valence electrons. The summed E-state index contributed by atoms with van der Waals surface area (Å²) in [5.74, 6) is 6.78. The van der Waals surface area contributed by atoms with Gasteiger partial charge in [0.25, 0.3) is 0 Å². The number of nitrogens with two attached hydrogens (primary N) is 1. The van der Waals surface area contributed by atoms with E-state index in [0.29, 0.717) is 0 Å². The quantitative estimate of drug-likeness (QED) is 0.641. The number of nitrogens with one attached hydrogen (secondary N) is 1. The smallest absolute Gasteiger partial charge is 0.119 e. The highest BCUT2D eigenvalue weighted by Crippen LogP contribution is 2.35. The van der Waals surface area contributed by atoms with Crippen molar-refractivity contribution < 1.29 is 4.74 Å². The molecular formula is C16H27N3O. The minimum atomic E-state index is -0.00933. The minimum absolute atomic E-state index is 0.00933. The molecule has 4 nitrogen and oxygen atoms in total. The van der Waals surface area contributed by atoms with Crippen molar-refractivity contribution in [1.82, 2.24) is 10.3 Å². The fourth-order valence-electron chi connectivity index (χ4n) is 3.25. The Labute approximate surface area is 122 Å². The van der Waals surface area contributed by atoms with Crippen molar-refractivity contribution in [2.24, 2.45) is 5.84 Å². The van der Waals surface area contributed by atoms with Crippen molar-refractivity contribution in [3.63, 3.8) is 0 Å². The van der Waals surface area contributed by atoms with E-state index < -0.39 is 0 Å². The van der Waals surface area contributed by atoms with Gasteiger partial charge in [-0.3, -0.25) is 16.2 Å². The van der Waals surface area contributed by atoms with Crippen molar-refractivity contribution >= 4 is 0 Å². The van der Waals surface area contributed by atoms with Crippen LogP contribution in [-0.4, -0.2) is 30.6 Å². The van der Waals surface area contributed by atoms with E-state index in [1.807, 2.05) is 6.07 Å². The molecule has 0 aromatic heterocycles. The number of hydrazine groups is 1. The highest BCUT2D eigenvalue weighted by atomic mass is 16.5. The van der Waals surface area contributed by atoms with Crippen LogP contribution in [0.5, 0.6) is 5.75 Å². The maximum absolute atomic E-state index is 5.89. The van der Waals surface area contributed by atoms with Gasteiger partial charge < -0.3 is 4.74 Å². The molecule has 1 atom stereocenters. The molecule has 4 heteroatoms. The number of hydrogen-bond acceptors (Lipinski definition) is 4. The summed E-state index contributed by atoms with van der Waals surface area (Å²) in [5, 5.41) is 0. The van der Waals surface area contributed by atoms with Crippen LogP contribution in [0.25, 0.3) is 0 Å². The maximum Gasteiger partial charge on any atom is 0.119 e. The molecule has 0 amide bonds. The summed E-state index contributed by atoms with van der Waals surface area (Å²) in [6.45, 7) is 8.96. The van der Waals surface area contributed by atoms with Crippen LogP contribution in [0.4, 0.5) is 0 Å². The lowest BCUT2D eigenvalue weighted by Crippen LogP contribution is -2.53. The van der Waals surface area contributed by atoms with Gasteiger partial charge in [0.15, 0.2) is 0 Å². The molecule has 1 aromatic rings. The molecular weight excluding hydrogens is 250 g/mol. The molecule has 2 rings (SSSR count). The van der Waals surface area contributed by atoms with E-state index in [1.54, 1.807) is 7.11 Å². The molecule has 1 aliphatic rings. The molecule has 0 saturated carbocycles. The molecule has 20 heavy (non-hydrogen) atoms. The zero-order valence-electron chi connectivity index (χ0n) is 13.1. The monoisotopic (exact) mass is 277 g/mol. The minimum Gasteiger partial charge on any atom is -0.497 e. The Kier molecular flexibility index (Phi) is 4.68. The lowest BCUT2D eigenvalue weighted by atomic mass is 9.85. The van der Waals surface area contributed by atoms with E-state index in [-0.39, 0.29) is 11.6 Å². The van der Waals surface area contributed by atoms with Crippen LogP contribution in [0, 0.1) is 6.92 Å². The van der Waals surface area contributed by atoms with Crippen LogP contribution in [-0.2, 0) is 0 Å². The second-order valence-electron chi connectivity index (χ2n) is 6.17. The van der Waals surface area contributed by atoms with Gasteiger partial charge in [-0.25, -0.2) is 0 Å². The number of aryl methyl sites for hydroxylation is 1. The average molecular weight is 277 g/mol. The molecule has 1 fully saturated rings. The highest BCUT2D eigenvalue weighted by Gasteiger charge is 2.37. The Bertz CT molecular complexity index is 453. The lowest BCUT2D eigenvalue weighted by molar-refractivity contribution is 0.106. The number of rotatable bonds is 5. The molecule has 0 radical (unpaired) electrons. The summed E-state index contributed by atoms with van der Waals surface area (Å²) in [5.41, 5.74) is 5.47. The highest BCUT2D eigenvalue weighted by molar-refractivity contribution is 5.38. The van der Waals surface area contributed by atoms with Gasteiger partial charge in [0.05, 0.1) is 13.2 Å². The Balaban J connectivity index is 2.31. The van der Waals surface area contributed by atoms with Gasteiger partial charge in [-0.2, -0.15) is 0 Å². The van der Waals surface area contributed by atoms with E-state index in [0.717, 1.165) is 18.8 Å². The fraction of sp³-hybridized carbons (Fsp3) is 0.625. The zero-order chi connectivity index (χ0) is 14.8. The predicted molar refractivity (Wildman–Crippen MR) is 82.7 cm³/mol. The Morgan fingerprint density at radius 3 is 2.45 bits per heavy atom. The SMILES string of the molecule is COc1ccc(C(NN)C(C)(C)N2CCCC2)c(C)c1. The first-order chi connectivity index (χ1) is 9.50. The van der Waals surface area contributed by atoms with E-state index >= 15 is 0 Å². The molecule has 0 aliphatic carbocycles. The zero-order valence-corrected chi connectivity index (χ0v) is 13.1. The number of likely N-dealkylation sites (tertiary alicyclic amines) is 1. The summed E-state index contributed by atoms with van der Waals surface area (Å²) in [6.07, 6.45) is 2.56. The standard InChI is InChI=1S/C16H27N3O/c1-12-11-13(20-4)7-8-14(12)15(18-17)16(2,3)19-9-5-6-10-19/h7-8,11,15,18H,5-6,9-10,17H2,1-4H3. The van der Waals surface area contributed by atoms with Gasteiger partial charge in [-0.1, -0.05) is 6.07 Å². The van der Waals surface area contributed by atoms with Crippen molar-refractivity contribution in [3.8, 4) is 5.75 Å². The number of ether oxygens (including phenoxy) is 1. The van der Waals surface area contributed by atoms with Crippen molar-refractivity contribution in [1.29, 1.82) is 0 Å². The number of nitrogens with zero attached hydrogens (tertiary/aromatic N) is 1. The van der Waals surface area contributed by atoms with Crippen molar-refractivity contribution in [3.05, 3.63) is 29.3 Å².